The Bertz CT molecular complexity index is 712. The fraction of sp³-hybridized carbons (Fsp3) is 0.222. The fourth-order valence-electron chi connectivity index (χ4n) is 1.41. The predicted molar refractivity (Wildman–Crippen MR) is 73.4 cm³/mol. The Balaban J connectivity index is 3.61. The van der Waals surface area contributed by atoms with Crippen LogP contribution in [0.15, 0.2) is 17.0 Å². The Morgan fingerprint density at radius 1 is 1.27 bits per heavy atom. The zero-order chi connectivity index (χ0) is 17.1. The molecule has 1 amide bonds. The maximum absolute atomic E-state index is 11.3. The number of nitrogens with zero attached hydrogens (tertiary/aromatic N) is 2. The lowest BCUT2D eigenvalue weighted by molar-refractivity contribution is -0.392. The lowest BCUT2D eigenvalue weighted by atomic mass is 10.2. The molecule has 0 radical (unpaired) electrons. The Hall–Kier alpha value is -2.47. The van der Waals surface area contributed by atoms with Gasteiger partial charge in [0.15, 0.2) is 0 Å². The first-order chi connectivity index (χ1) is 10.1. The van der Waals surface area contributed by atoms with Crippen LogP contribution < -0.4 is 5.32 Å². The van der Waals surface area contributed by atoms with Gasteiger partial charge in [-0.05, 0) is 6.92 Å². The van der Waals surface area contributed by atoms with Gasteiger partial charge in [0, 0.05) is 22.8 Å². The van der Waals surface area contributed by atoms with Gasteiger partial charge in [0.25, 0.3) is 9.05 Å². The predicted octanol–water partition coefficient (Wildman–Crippen LogP) is 2.00. The molecule has 1 aromatic rings. The van der Waals surface area contributed by atoms with E-state index in [-0.39, 0.29) is 6.61 Å². The van der Waals surface area contributed by atoms with Crippen molar-refractivity contribution in [2.45, 2.75) is 11.8 Å². The van der Waals surface area contributed by atoms with Crippen molar-refractivity contribution in [1.29, 1.82) is 0 Å². The van der Waals surface area contributed by atoms with Crippen LogP contribution in [0, 0.1) is 20.2 Å². The van der Waals surface area contributed by atoms with Crippen LogP contribution in [0.25, 0.3) is 0 Å². The summed E-state index contributed by atoms with van der Waals surface area (Å²) in [5, 5.41) is 23.8. The summed E-state index contributed by atoms with van der Waals surface area (Å²) < 4.78 is 26.9. The number of carbonyl (C=O) groups excluding carboxylic acids is 1. The van der Waals surface area contributed by atoms with E-state index in [0.717, 1.165) is 0 Å². The lowest BCUT2D eigenvalue weighted by Crippen LogP contribution is -2.16. The summed E-state index contributed by atoms with van der Waals surface area (Å²) in [6, 6.07) is 0.994. The van der Waals surface area contributed by atoms with E-state index in [1.54, 1.807) is 0 Å². The number of anilines is 1. The van der Waals surface area contributed by atoms with Crippen molar-refractivity contribution < 1.29 is 27.8 Å². The van der Waals surface area contributed by atoms with Gasteiger partial charge < -0.3 is 4.74 Å². The SMILES string of the molecule is CCOC(=O)Nc1c([N+](=O)[O-])cc(S(=O)(=O)Cl)cc1[N+](=O)[O-]. The van der Waals surface area contributed by atoms with Crippen molar-refractivity contribution in [2.24, 2.45) is 0 Å². The molecule has 13 heteroatoms. The van der Waals surface area contributed by atoms with E-state index < -0.39 is 46.9 Å². The normalized spacial score (nSPS) is 10.8. The first-order valence-electron chi connectivity index (χ1n) is 5.43. The molecule has 0 saturated heterocycles. The maximum Gasteiger partial charge on any atom is 0.412 e. The van der Waals surface area contributed by atoms with Crippen LogP contribution in [0.1, 0.15) is 6.92 Å². The molecule has 0 aromatic heterocycles. The second-order valence-corrected chi connectivity index (χ2v) is 6.20. The van der Waals surface area contributed by atoms with Gasteiger partial charge in [-0.15, -0.1) is 0 Å². The number of ether oxygens (including phenoxy) is 1. The van der Waals surface area contributed by atoms with Crippen molar-refractivity contribution in [3.63, 3.8) is 0 Å². The molecule has 0 aliphatic carbocycles. The highest BCUT2D eigenvalue weighted by Gasteiger charge is 2.31. The third kappa shape index (κ3) is 4.02. The van der Waals surface area contributed by atoms with Crippen molar-refractivity contribution in [1.82, 2.24) is 0 Å². The molecule has 0 atom stereocenters. The van der Waals surface area contributed by atoms with Gasteiger partial charge in [0.2, 0.25) is 5.69 Å². The second kappa shape index (κ2) is 6.53. The highest BCUT2D eigenvalue weighted by Crippen LogP contribution is 2.38. The summed E-state index contributed by atoms with van der Waals surface area (Å²) in [7, 11) is 0.584. The molecule has 0 unspecified atom stereocenters. The van der Waals surface area contributed by atoms with E-state index in [0.29, 0.717) is 12.1 Å². The minimum absolute atomic E-state index is 0.0818. The Morgan fingerprint density at radius 3 is 2.05 bits per heavy atom. The third-order valence-corrected chi connectivity index (χ3v) is 3.58. The van der Waals surface area contributed by atoms with E-state index in [4.69, 9.17) is 10.7 Å². The highest BCUT2D eigenvalue weighted by atomic mass is 35.7. The van der Waals surface area contributed by atoms with Gasteiger partial charge in [0.05, 0.1) is 21.3 Å². The lowest BCUT2D eigenvalue weighted by Gasteiger charge is -2.07. The number of halogens is 1. The maximum atomic E-state index is 11.3. The van der Waals surface area contributed by atoms with Crippen LogP contribution in [-0.2, 0) is 13.8 Å². The third-order valence-electron chi connectivity index (χ3n) is 2.25. The van der Waals surface area contributed by atoms with Crippen LogP contribution in [0.2, 0.25) is 0 Å². The molecule has 0 aliphatic rings. The zero-order valence-electron chi connectivity index (χ0n) is 10.8. The number of nitro benzene ring substituents is 2. The van der Waals surface area contributed by atoms with E-state index in [9.17, 15) is 33.4 Å². The highest BCUT2D eigenvalue weighted by molar-refractivity contribution is 8.13. The van der Waals surface area contributed by atoms with E-state index in [1.165, 1.54) is 6.92 Å². The molecule has 1 rings (SSSR count). The minimum atomic E-state index is -4.45. The Kier molecular flexibility index (Phi) is 5.22. The number of benzene rings is 1. The van der Waals surface area contributed by atoms with Crippen LogP contribution in [0.3, 0.4) is 0 Å². The Morgan fingerprint density at radius 2 is 1.73 bits per heavy atom. The van der Waals surface area contributed by atoms with Gasteiger partial charge >= 0.3 is 17.5 Å². The largest absolute Gasteiger partial charge is 0.450 e. The topological polar surface area (TPSA) is 159 Å². The smallest absolute Gasteiger partial charge is 0.412 e. The number of carbonyl (C=O) groups is 1. The number of hydrogen-bond acceptors (Lipinski definition) is 8. The summed E-state index contributed by atoms with van der Waals surface area (Å²) in [6.07, 6.45) is -1.17. The van der Waals surface area contributed by atoms with Gasteiger partial charge in [-0.2, -0.15) is 0 Å². The van der Waals surface area contributed by atoms with Crippen molar-refractivity contribution in [3.05, 3.63) is 32.4 Å². The monoisotopic (exact) mass is 353 g/mol. The van der Waals surface area contributed by atoms with Gasteiger partial charge in [-0.1, -0.05) is 0 Å². The minimum Gasteiger partial charge on any atom is -0.450 e. The van der Waals surface area contributed by atoms with Crippen LogP contribution >= 0.6 is 10.7 Å². The summed E-state index contributed by atoms with van der Waals surface area (Å²) in [4.78, 5) is 30.2. The molecule has 0 spiro atoms. The Labute approximate surface area is 127 Å². The van der Waals surface area contributed by atoms with Crippen molar-refractivity contribution in [2.75, 3.05) is 11.9 Å². The quantitative estimate of drug-likeness (QED) is 0.477. The van der Waals surface area contributed by atoms with Gasteiger partial charge in [-0.25, -0.2) is 13.2 Å². The second-order valence-electron chi connectivity index (χ2n) is 3.63. The number of amides is 1. The fourth-order valence-corrected chi connectivity index (χ4v) is 2.18. The molecular formula is C9H8ClN3O8S. The molecule has 0 bridgehead atoms. The molecule has 11 nitrogen and oxygen atoms in total. The average molecular weight is 354 g/mol. The number of nitrogens with one attached hydrogen (secondary N) is 1. The molecule has 1 aromatic carbocycles. The van der Waals surface area contributed by atoms with Gasteiger partial charge in [0.1, 0.15) is 0 Å². The molecule has 22 heavy (non-hydrogen) atoms. The average Bonchev–Trinajstić information content (AvgIpc) is 2.36. The van der Waals surface area contributed by atoms with Crippen LogP contribution in [0.5, 0.6) is 0 Å². The summed E-state index contributed by atoms with van der Waals surface area (Å²) in [6.45, 7) is 1.37. The molecule has 0 saturated carbocycles. The van der Waals surface area contributed by atoms with Crippen molar-refractivity contribution in [3.8, 4) is 0 Å². The molecule has 0 heterocycles. The molecule has 1 N–H and O–H groups in total. The van der Waals surface area contributed by atoms with Crippen LogP contribution in [-0.4, -0.2) is 31.0 Å². The standard InChI is InChI=1S/C9H8ClN3O8S/c1-2-21-9(14)11-8-6(12(15)16)3-5(22(10,19)20)4-7(8)13(17)18/h3-4H,2H2,1H3,(H,11,14). The molecule has 0 aliphatic heterocycles. The van der Waals surface area contributed by atoms with E-state index in [1.807, 2.05) is 5.32 Å². The molecule has 120 valence electrons. The van der Waals surface area contributed by atoms with Gasteiger partial charge in [-0.3, -0.25) is 25.5 Å². The first kappa shape index (κ1) is 17.6. The molecule has 0 fully saturated rings. The first-order valence-corrected chi connectivity index (χ1v) is 7.74. The summed E-state index contributed by atoms with van der Waals surface area (Å²) >= 11 is 0. The zero-order valence-corrected chi connectivity index (χ0v) is 12.4. The van der Waals surface area contributed by atoms with E-state index in [2.05, 4.69) is 4.74 Å². The summed E-state index contributed by atoms with van der Waals surface area (Å²) in [5.74, 6) is 0. The summed E-state index contributed by atoms with van der Waals surface area (Å²) in [5.41, 5.74) is -2.83. The molecular weight excluding hydrogens is 346 g/mol. The number of nitro groups is 2. The van der Waals surface area contributed by atoms with Crippen LogP contribution in [0.4, 0.5) is 21.9 Å². The number of hydrogen-bond donors (Lipinski definition) is 1. The van der Waals surface area contributed by atoms with E-state index >= 15 is 0 Å². The number of rotatable bonds is 5. The van der Waals surface area contributed by atoms with Crippen molar-refractivity contribution >= 4 is 42.9 Å².